The Labute approximate surface area is 176 Å². The summed E-state index contributed by atoms with van der Waals surface area (Å²) < 4.78 is 29.6. The molecule has 0 spiro atoms. The molecule has 0 aliphatic carbocycles. The van der Waals surface area contributed by atoms with Crippen LogP contribution in [0.1, 0.15) is 26.1 Å². The lowest BCUT2D eigenvalue weighted by Crippen LogP contribution is -2.36. The Hall–Kier alpha value is -2.31. The second-order valence-corrected chi connectivity index (χ2v) is 9.46. The molecule has 0 saturated carbocycles. The quantitative estimate of drug-likeness (QED) is 0.324. The largest absolute Gasteiger partial charge is 0.382 e. The highest BCUT2D eigenvalue weighted by molar-refractivity contribution is 7.87. The van der Waals surface area contributed by atoms with Crippen LogP contribution in [0.3, 0.4) is 0 Å². The standard InChI is InChI=1S/C19H29N7O3S/c1-13(2)24-29-12-16-23-17-18(14-8-5-6-9-15(14)22-19(17)20)26(16)11-7-10-21-30(27,28)25(3)4/h5-6,8-9,13,21,24H,7,10-12H2,1-4H3,(H2,20,22). The van der Waals surface area contributed by atoms with Crippen LogP contribution in [0.4, 0.5) is 5.82 Å². The lowest BCUT2D eigenvalue weighted by atomic mass is 10.2. The van der Waals surface area contributed by atoms with E-state index in [1.54, 1.807) is 0 Å². The highest BCUT2D eigenvalue weighted by atomic mass is 32.2. The summed E-state index contributed by atoms with van der Waals surface area (Å²) in [6.07, 6.45) is 0.569. The van der Waals surface area contributed by atoms with Crippen molar-refractivity contribution in [3.05, 3.63) is 30.1 Å². The molecule has 2 heterocycles. The number of hydrogen-bond donors (Lipinski definition) is 3. The Morgan fingerprint density at radius 2 is 1.97 bits per heavy atom. The summed E-state index contributed by atoms with van der Waals surface area (Å²) in [5.74, 6) is 1.05. The maximum atomic E-state index is 11.9. The molecule has 0 fully saturated rings. The summed E-state index contributed by atoms with van der Waals surface area (Å²) in [4.78, 5) is 14.7. The lowest BCUT2D eigenvalue weighted by molar-refractivity contribution is 0.00662. The number of aryl methyl sites for hydroxylation is 1. The summed E-state index contributed by atoms with van der Waals surface area (Å²) >= 11 is 0. The number of hydrogen-bond acceptors (Lipinski definition) is 7. The minimum atomic E-state index is -3.46. The fraction of sp³-hybridized carbons (Fsp3) is 0.474. The molecule has 3 aromatic rings. The highest BCUT2D eigenvalue weighted by Gasteiger charge is 2.18. The third-order valence-electron chi connectivity index (χ3n) is 4.53. The van der Waals surface area contributed by atoms with Crippen molar-refractivity contribution in [2.75, 3.05) is 26.4 Å². The number of imidazole rings is 1. The maximum Gasteiger partial charge on any atom is 0.278 e. The number of hydroxylamine groups is 1. The Kier molecular flexibility index (Phi) is 6.88. The topological polar surface area (TPSA) is 127 Å². The smallest absolute Gasteiger partial charge is 0.278 e. The van der Waals surface area contributed by atoms with Crippen molar-refractivity contribution >= 4 is 38.0 Å². The third-order valence-corrected chi connectivity index (χ3v) is 6.06. The molecule has 10 nitrogen and oxygen atoms in total. The minimum absolute atomic E-state index is 0.163. The van der Waals surface area contributed by atoms with Gasteiger partial charge in [-0.2, -0.15) is 18.2 Å². The van der Waals surface area contributed by atoms with Gasteiger partial charge in [-0.1, -0.05) is 18.2 Å². The normalized spacial score (nSPS) is 12.6. The van der Waals surface area contributed by atoms with E-state index in [1.807, 2.05) is 42.7 Å². The average molecular weight is 436 g/mol. The van der Waals surface area contributed by atoms with Gasteiger partial charge in [0.05, 0.1) is 11.0 Å². The van der Waals surface area contributed by atoms with E-state index in [2.05, 4.69) is 20.2 Å². The molecule has 3 rings (SSSR count). The van der Waals surface area contributed by atoms with Crippen molar-refractivity contribution in [1.82, 2.24) is 29.0 Å². The number of nitrogens with two attached hydrogens (primary N) is 1. The number of benzene rings is 1. The van der Waals surface area contributed by atoms with Crippen LogP contribution in [0.2, 0.25) is 0 Å². The van der Waals surface area contributed by atoms with Crippen molar-refractivity contribution in [2.45, 2.75) is 39.5 Å². The van der Waals surface area contributed by atoms with Crippen molar-refractivity contribution in [3.8, 4) is 0 Å². The molecule has 0 unspecified atom stereocenters. The van der Waals surface area contributed by atoms with Gasteiger partial charge in [-0.05, 0) is 26.3 Å². The summed E-state index contributed by atoms with van der Waals surface area (Å²) in [5, 5.41) is 0.936. The van der Waals surface area contributed by atoms with Crippen molar-refractivity contribution < 1.29 is 13.3 Å². The zero-order valence-corrected chi connectivity index (χ0v) is 18.5. The molecule has 164 valence electrons. The molecular weight excluding hydrogens is 406 g/mol. The van der Waals surface area contributed by atoms with Crippen LogP contribution >= 0.6 is 0 Å². The van der Waals surface area contributed by atoms with E-state index in [0.29, 0.717) is 36.7 Å². The van der Waals surface area contributed by atoms with Gasteiger partial charge in [-0.15, -0.1) is 0 Å². The van der Waals surface area contributed by atoms with Gasteiger partial charge in [0.1, 0.15) is 17.9 Å². The number of para-hydroxylation sites is 1. The van der Waals surface area contributed by atoms with Gasteiger partial charge in [-0.25, -0.2) is 14.7 Å². The maximum absolute atomic E-state index is 11.9. The number of nitrogen functional groups attached to an aromatic ring is 1. The van der Waals surface area contributed by atoms with Crippen LogP contribution in [0, 0.1) is 0 Å². The van der Waals surface area contributed by atoms with Crippen molar-refractivity contribution in [1.29, 1.82) is 0 Å². The summed E-state index contributed by atoms with van der Waals surface area (Å²) in [5.41, 5.74) is 11.4. The number of nitrogens with zero attached hydrogens (tertiary/aromatic N) is 4. The number of fused-ring (bicyclic) bond motifs is 3. The molecular formula is C19H29N7O3S. The number of rotatable bonds is 10. The number of aromatic nitrogens is 3. The third kappa shape index (κ3) is 4.87. The number of pyridine rings is 1. The van der Waals surface area contributed by atoms with E-state index >= 15 is 0 Å². The molecule has 0 bridgehead atoms. The first kappa shape index (κ1) is 22.4. The SMILES string of the molecule is CC(C)NOCc1nc2c(N)nc3ccccc3c2n1CCCNS(=O)(=O)N(C)C. The molecule has 4 N–H and O–H groups in total. The fourth-order valence-corrected chi connectivity index (χ4v) is 3.76. The van der Waals surface area contributed by atoms with Crippen LogP contribution in [-0.2, 0) is 28.2 Å². The van der Waals surface area contributed by atoms with Gasteiger partial charge in [0.2, 0.25) is 0 Å². The Morgan fingerprint density at radius 1 is 1.23 bits per heavy atom. The van der Waals surface area contributed by atoms with E-state index in [4.69, 9.17) is 10.6 Å². The van der Waals surface area contributed by atoms with Crippen LogP contribution < -0.4 is 15.9 Å². The zero-order valence-electron chi connectivity index (χ0n) is 17.7. The summed E-state index contributed by atoms with van der Waals surface area (Å²) in [7, 11) is -0.481. The first-order chi connectivity index (χ1) is 14.2. The second-order valence-electron chi connectivity index (χ2n) is 7.49. The van der Waals surface area contributed by atoms with E-state index < -0.39 is 10.2 Å². The van der Waals surface area contributed by atoms with Crippen LogP contribution in [-0.4, -0.2) is 53.9 Å². The molecule has 2 aromatic heterocycles. The van der Waals surface area contributed by atoms with Crippen LogP contribution in [0.25, 0.3) is 21.9 Å². The molecule has 0 aliphatic heterocycles. The zero-order chi connectivity index (χ0) is 21.9. The second kappa shape index (κ2) is 9.23. The number of anilines is 1. The van der Waals surface area contributed by atoms with Gasteiger partial charge in [-0.3, -0.25) is 4.84 Å². The highest BCUT2D eigenvalue weighted by Crippen LogP contribution is 2.29. The molecule has 0 radical (unpaired) electrons. The first-order valence-corrected chi connectivity index (χ1v) is 11.2. The molecule has 11 heteroatoms. The van der Waals surface area contributed by atoms with E-state index in [9.17, 15) is 8.42 Å². The fourth-order valence-electron chi connectivity index (χ4n) is 3.10. The van der Waals surface area contributed by atoms with Crippen LogP contribution in [0.15, 0.2) is 24.3 Å². The van der Waals surface area contributed by atoms with Gasteiger partial charge >= 0.3 is 0 Å². The molecule has 30 heavy (non-hydrogen) atoms. The summed E-state index contributed by atoms with van der Waals surface area (Å²) in [6, 6.07) is 7.90. The molecule has 0 aliphatic rings. The Bertz CT molecular complexity index is 1130. The van der Waals surface area contributed by atoms with E-state index in [1.165, 1.54) is 14.1 Å². The average Bonchev–Trinajstić information content (AvgIpc) is 3.04. The van der Waals surface area contributed by atoms with Crippen molar-refractivity contribution in [3.63, 3.8) is 0 Å². The van der Waals surface area contributed by atoms with Gasteiger partial charge in [0.25, 0.3) is 10.2 Å². The molecule has 0 amide bonds. The van der Waals surface area contributed by atoms with E-state index in [0.717, 1.165) is 20.7 Å². The predicted molar refractivity (Wildman–Crippen MR) is 118 cm³/mol. The van der Waals surface area contributed by atoms with Gasteiger partial charge < -0.3 is 10.3 Å². The van der Waals surface area contributed by atoms with Crippen molar-refractivity contribution in [2.24, 2.45) is 0 Å². The van der Waals surface area contributed by atoms with Crippen LogP contribution in [0.5, 0.6) is 0 Å². The van der Waals surface area contributed by atoms with Gasteiger partial charge in [0, 0.05) is 38.6 Å². The monoisotopic (exact) mass is 435 g/mol. The Balaban J connectivity index is 1.94. The Morgan fingerprint density at radius 3 is 2.67 bits per heavy atom. The minimum Gasteiger partial charge on any atom is -0.382 e. The lowest BCUT2D eigenvalue weighted by Gasteiger charge is -2.14. The van der Waals surface area contributed by atoms with Gasteiger partial charge in [0.15, 0.2) is 5.82 Å². The molecule has 0 atom stereocenters. The molecule has 1 aromatic carbocycles. The number of nitrogens with one attached hydrogen (secondary N) is 2. The molecule has 0 saturated heterocycles. The first-order valence-electron chi connectivity index (χ1n) is 9.78. The van der Waals surface area contributed by atoms with E-state index in [-0.39, 0.29) is 12.6 Å². The summed E-state index contributed by atoms with van der Waals surface area (Å²) in [6.45, 7) is 5.04. The predicted octanol–water partition coefficient (Wildman–Crippen LogP) is 1.38.